The van der Waals surface area contributed by atoms with Crippen LogP contribution in [0.5, 0.6) is 0 Å². The number of nitrogens with one attached hydrogen (secondary N) is 1. The van der Waals surface area contributed by atoms with Crippen LogP contribution in [0.1, 0.15) is 37.6 Å². The number of aromatic nitrogens is 1. The number of hydrogen-bond donors (Lipinski definition) is 1. The van der Waals surface area contributed by atoms with Gasteiger partial charge in [-0.25, -0.2) is 0 Å². The number of ether oxygens (including phenoxy) is 1. The van der Waals surface area contributed by atoms with E-state index in [9.17, 15) is 0 Å². The Morgan fingerprint density at radius 2 is 1.95 bits per heavy atom. The quantitative estimate of drug-likeness (QED) is 0.853. The lowest BCUT2D eigenvalue weighted by molar-refractivity contribution is 0.199. The van der Waals surface area contributed by atoms with Gasteiger partial charge in [0.2, 0.25) is 0 Å². The van der Waals surface area contributed by atoms with Gasteiger partial charge in [0.15, 0.2) is 0 Å². The largest absolute Gasteiger partial charge is 0.383 e. The Balaban J connectivity index is 2.40. The number of rotatable bonds is 5. The molecule has 0 radical (unpaired) electrons. The molecular formula is C18H26N2O. The first-order chi connectivity index (χ1) is 9.91. The average molecular weight is 286 g/mol. The van der Waals surface area contributed by atoms with Crippen molar-refractivity contribution < 1.29 is 4.74 Å². The van der Waals surface area contributed by atoms with Crippen LogP contribution in [0.25, 0.3) is 10.9 Å². The molecule has 1 aromatic heterocycles. The molecule has 1 heterocycles. The fourth-order valence-corrected chi connectivity index (χ4v) is 2.34. The van der Waals surface area contributed by atoms with Crippen molar-refractivity contribution in [1.29, 1.82) is 0 Å². The zero-order chi connectivity index (χ0) is 15.5. The second-order valence-corrected chi connectivity index (χ2v) is 6.61. The smallest absolute Gasteiger partial charge is 0.0708 e. The summed E-state index contributed by atoms with van der Waals surface area (Å²) in [6.07, 6.45) is 0. The molecule has 0 aliphatic rings. The van der Waals surface area contributed by atoms with E-state index in [0.29, 0.717) is 0 Å². The molecule has 0 unspecified atom stereocenters. The van der Waals surface area contributed by atoms with E-state index in [4.69, 9.17) is 9.72 Å². The number of fused-ring (bicyclic) bond motifs is 1. The van der Waals surface area contributed by atoms with Crippen molar-refractivity contribution in [3.8, 4) is 0 Å². The summed E-state index contributed by atoms with van der Waals surface area (Å²) < 4.78 is 5.09. The molecule has 0 spiro atoms. The SMILES string of the molecule is COCCNCc1cc(C(C)(C)C)nc2ccc(C)cc12. The van der Waals surface area contributed by atoms with Crippen LogP contribution in [0, 0.1) is 6.92 Å². The average Bonchev–Trinajstić information content (AvgIpc) is 2.42. The van der Waals surface area contributed by atoms with E-state index in [1.807, 2.05) is 0 Å². The number of benzene rings is 1. The number of hydrogen-bond acceptors (Lipinski definition) is 3. The fourth-order valence-electron chi connectivity index (χ4n) is 2.34. The lowest BCUT2D eigenvalue weighted by atomic mass is 9.89. The van der Waals surface area contributed by atoms with Gasteiger partial charge in [-0.15, -0.1) is 0 Å². The Morgan fingerprint density at radius 1 is 1.19 bits per heavy atom. The van der Waals surface area contributed by atoms with E-state index in [1.165, 1.54) is 16.5 Å². The third-order valence-corrected chi connectivity index (χ3v) is 3.62. The number of nitrogens with zero attached hydrogens (tertiary/aromatic N) is 1. The summed E-state index contributed by atoms with van der Waals surface area (Å²) >= 11 is 0. The summed E-state index contributed by atoms with van der Waals surface area (Å²) in [4.78, 5) is 4.84. The van der Waals surface area contributed by atoms with Crippen LogP contribution in [0.15, 0.2) is 24.3 Å². The second kappa shape index (κ2) is 6.54. The molecule has 1 N–H and O–H groups in total. The molecule has 0 aliphatic carbocycles. The van der Waals surface area contributed by atoms with Crippen LogP contribution in [-0.2, 0) is 16.7 Å². The highest BCUT2D eigenvalue weighted by Gasteiger charge is 2.17. The van der Waals surface area contributed by atoms with E-state index >= 15 is 0 Å². The fraction of sp³-hybridized carbons (Fsp3) is 0.500. The van der Waals surface area contributed by atoms with Crippen molar-refractivity contribution >= 4 is 10.9 Å². The molecule has 0 saturated carbocycles. The lowest BCUT2D eigenvalue weighted by Gasteiger charge is -2.20. The Hall–Kier alpha value is -1.45. The van der Waals surface area contributed by atoms with Gasteiger partial charge in [-0.1, -0.05) is 32.4 Å². The molecule has 3 nitrogen and oxygen atoms in total. The molecule has 0 saturated heterocycles. The Labute approximate surface area is 127 Å². The molecule has 2 aromatic rings. The van der Waals surface area contributed by atoms with Gasteiger partial charge < -0.3 is 10.1 Å². The monoisotopic (exact) mass is 286 g/mol. The summed E-state index contributed by atoms with van der Waals surface area (Å²) in [6, 6.07) is 8.71. The first kappa shape index (κ1) is 15.9. The molecule has 3 heteroatoms. The molecule has 0 fully saturated rings. The molecule has 1 aromatic carbocycles. The summed E-state index contributed by atoms with van der Waals surface area (Å²) in [5, 5.41) is 4.68. The number of aryl methyl sites for hydroxylation is 1. The summed E-state index contributed by atoms with van der Waals surface area (Å²) in [7, 11) is 1.73. The van der Waals surface area contributed by atoms with Crippen molar-refractivity contribution in [2.45, 2.75) is 39.7 Å². The normalized spacial score (nSPS) is 12.0. The van der Waals surface area contributed by atoms with Crippen LogP contribution in [-0.4, -0.2) is 25.2 Å². The van der Waals surface area contributed by atoms with Crippen LogP contribution in [0.3, 0.4) is 0 Å². The van der Waals surface area contributed by atoms with E-state index in [-0.39, 0.29) is 5.41 Å². The van der Waals surface area contributed by atoms with E-state index in [2.05, 4.69) is 57.3 Å². The Bertz CT molecular complexity index is 614. The Morgan fingerprint density at radius 3 is 2.62 bits per heavy atom. The van der Waals surface area contributed by atoms with Crippen molar-refractivity contribution in [1.82, 2.24) is 10.3 Å². The van der Waals surface area contributed by atoms with Gasteiger partial charge in [-0.3, -0.25) is 4.98 Å². The van der Waals surface area contributed by atoms with Crippen molar-refractivity contribution in [2.75, 3.05) is 20.3 Å². The van der Waals surface area contributed by atoms with Crippen LogP contribution in [0.4, 0.5) is 0 Å². The molecular weight excluding hydrogens is 260 g/mol. The van der Waals surface area contributed by atoms with Gasteiger partial charge in [0.1, 0.15) is 0 Å². The molecule has 114 valence electrons. The molecule has 0 atom stereocenters. The minimum Gasteiger partial charge on any atom is -0.383 e. The maximum atomic E-state index is 5.09. The van der Waals surface area contributed by atoms with Gasteiger partial charge in [0, 0.05) is 36.7 Å². The van der Waals surface area contributed by atoms with Gasteiger partial charge in [-0.05, 0) is 30.7 Å². The van der Waals surface area contributed by atoms with Crippen LogP contribution in [0.2, 0.25) is 0 Å². The van der Waals surface area contributed by atoms with Gasteiger partial charge in [-0.2, -0.15) is 0 Å². The summed E-state index contributed by atoms with van der Waals surface area (Å²) in [5.41, 5.74) is 4.86. The first-order valence-corrected chi connectivity index (χ1v) is 7.52. The maximum Gasteiger partial charge on any atom is 0.0708 e. The summed E-state index contributed by atoms with van der Waals surface area (Å²) in [6.45, 7) is 11.2. The number of methoxy groups -OCH3 is 1. The topological polar surface area (TPSA) is 34.1 Å². The zero-order valence-electron chi connectivity index (χ0n) is 13.8. The predicted molar refractivity (Wildman–Crippen MR) is 88.8 cm³/mol. The lowest BCUT2D eigenvalue weighted by Crippen LogP contribution is -2.20. The highest BCUT2D eigenvalue weighted by molar-refractivity contribution is 5.83. The predicted octanol–water partition coefficient (Wildman–Crippen LogP) is 3.58. The highest BCUT2D eigenvalue weighted by Crippen LogP contribution is 2.26. The standard InChI is InChI=1S/C18H26N2O/c1-13-6-7-16-15(10-13)14(12-19-8-9-21-5)11-17(20-16)18(2,3)4/h6-7,10-11,19H,8-9,12H2,1-5H3. The molecule has 0 amide bonds. The molecule has 0 bridgehead atoms. The molecule has 2 rings (SSSR count). The maximum absolute atomic E-state index is 5.09. The second-order valence-electron chi connectivity index (χ2n) is 6.61. The van der Waals surface area contributed by atoms with Crippen LogP contribution >= 0.6 is 0 Å². The van der Waals surface area contributed by atoms with E-state index in [0.717, 1.165) is 30.9 Å². The van der Waals surface area contributed by atoms with Gasteiger partial charge in [0.05, 0.1) is 12.1 Å². The van der Waals surface area contributed by atoms with Crippen LogP contribution < -0.4 is 5.32 Å². The van der Waals surface area contributed by atoms with Crippen molar-refractivity contribution in [3.05, 3.63) is 41.1 Å². The van der Waals surface area contributed by atoms with Crippen molar-refractivity contribution in [2.24, 2.45) is 0 Å². The Kier molecular flexibility index (Phi) is 4.96. The van der Waals surface area contributed by atoms with Gasteiger partial charge in [0.25, 0.3) is 0 Å². The minimum absolute atomic E-state index is 0.0559. The third-order valence-electron chi connectivity index (χ3n) is 3.62. The highest BCUT2D eigenvalue weighted by atomic mass is 16.5. The zero-order valence-corrected chi connectivity index (χ0v) is 13.8. The third kappa shape index (κ3) is 4.02. The first-order valence-electron chi connectivity index (χ1n) is 7.52. The summed E-state index contributed by atoms with van der Waals surface area (Å²) in [5.74, 6) is 0. The van der Waals surface area contributed by atoms with Crippen molar-refractivity contribution in [3.63, 3.8) is 0 Å². The van der Waals surface area contributed by atoms with E-state index in [1.54, 1.807) is 7.11 Å². The number of pyridine rings is 1. The van der Waals surface area contributed by atoms with Gasteiger partial charge >= 0.3 is 0 Å². The minimum atomic E-state index is 0.0559. The van der Waals surface area contributed by atoms with E-state index < -0.39 is 0 Å². The molecule has 21 heavy (non-hydrogen) atoms. The molecule has 0 aliphatic heterocycles.